The first-order valence-corrected chi connectivity index (χ1v) is 6.07. The van der Waals surface area contributed by atoms with Crippen LogP contribution in [0.2, 0.25) is 0 Å². The van der Waals surface area contributed by atoms with Gasteiger partial charge in [0.25, 0.3) is 0 Å². The van der Waals surface area contributed by atoms with Crippen molar-refractivity contribution in [2.75, 3.05) is 13.2 Å². The number of aliphatic hydroxyl groups is 1. The summed E-state index contributed by atoms with van der Waals surface area (Å²) in [6.07, 6.45) is 0.180. The zero-order valence-corrected chi connectivity index (χ0v) is 9.86. The van der Waals surface area contributed by atoms with Crippen LogP contribution in [0.3, 0.4) is 0 Å². The summed E-state index contributed by atoms with van der Waals surface area (Å²) in [5, 5.41) is 9.93. The fourth-order valence-corrected chi connectivity index (χ4v) is 3.46. The van der Waals surface area contributed by atoms with Gasteiger partial charge in [0.05, 0.1) is 14.1 Å². The quantitative estimate of drug-likeness (QED) is 0.693. The Bertz CT molecular complexity index is 432. The third-order valence-corrected chi connectivity index (χ3v) is 4.40. The molecule has 0 aromatic heterocycles. The Morgan fingerprint density at radius 1 is 1.71 bits per heavy atom. The smallest absolute Gasteiger partial charge is 0.332 e. The average molecular weight is 240 g/mol. The van der Waals surface area contributed by atoms with Crippen LogP contribution < -0.4 is 0 Å². The molecule has 1 saturated carbocycles. The minimum atomic E-state index is -1.74. The van der Waals surface area contributed by atoms with Crippen molar-refractivity contribution in [3.63, 3.8) is 0 Å². The SMILES string of the molecule is [2H]C1(O)CN2C(=O)CC3(CC3)[C@@]2(C(=O)OCC)C1. The molecule has 0 aromatic carbocycles. The predicted octanol–water partition coefficient (Wildman–Crippen LogP) is 0.0654. The lowest BCUT2D eigenvalue weighted by Gasteiger charge is -2.34. The molecule has 0 aromatic rings. The van der Waals surface area contributed by atoms with Crippen LogP contribution in [0, 0.1) is 5.41 Å². The number of hydrogen-bond acceptors (Lipinski definition) is 4. The molecule has 2 saturated heterocycles. The van der Waals surface area contributed by atoms with Crippen molar-refractivity contribution in [3.8, 4) is 0 Å². The van der Waals surface area contributed by atoms with Gasteiger partial charge in [-0.2, -0.15) is 0 Å². The van der Waals surface area contributed by atoms with Crippen molar-refractivity contribution in [2.24, 2.45) is 5.41 Å². The highest BCUT2D eigenvalue weighted by molar-refractivity contribution is 5.95. The van der Waals surface area contributed by atoms with E-state index in [0.29, 0.717) is 6.42 Å². The fourth-order valence-electron chi connectivity index (χ4n) is 3.46. The van der Waals surface area contributed by atoms with E-state index >= 15 is 0 Å². The Morgan fingerprint density at radius 2 is 2.41 bits per heavy atom. The van der Waals surface area contributed by atoms with Crippen molar-refractivity contribution < 1.29 is 20.8 Å². The average Bonchev–Trinajstić information content (AvgIpc) is 2.92. The van der Waals surface area contributed by atoms with Gasteiger partial charge in [-0.15, -0.1) is 0 Å². The van der Waals surface area contributed by atoms with Crippen molar-refractivity contribution in [1.82, 2.24) is 4.90 Å². The van der Waals surface area contributed by atoms with E-state index in [0.717, 1.165) is 12.8 Å². The number of β-amino-alcohol motifs (C(OH)–C–C–N with tert-alkyl or cyclic N) is 1. The predicted molar refractivity (Wildman–Crippen MR) is 58.0 cm³/mol. The zero-order valence-electron chi connectivity index (χ0n) is 10.9. The molecular formula is C12H17NO4. The maximum absolute atomic E-state index is 12.3. The Balaban J connectivity index is 2.05. The van der Waals surface area contributed by atoms with Crippen LogP contribution in [-0.4, -0.2) is 46.7 Å². The van der Waals surface area contributed by atoms with E-state index in [9.17, 15) is 14.7 Å². The van der Waals surface area contributed by atoms with Crippen molar-refractivity contribution in [1.29, 1.82) is 0 Å². The summed E-state index contributed by atoms with van der Waals surface area (Å²) < 4.78 is 12.9. The number of ether oxygens (including phenoxy) is 1. The van der Waals surface area contributed by atoms with Gasteiger partial charge >= 0.3 is 5.97 Å². The van der Waals surface area contributed by atoms with Crippen LogP contribution in [-0.2, 0) is 14.3 Å². The number of esters is 1. The molecule has 1 aliphatic carbocycles. The van der Waals surface area contributed by atoms with E-state index in [1.54, 1.807) is 6.92 Å². The van der Waals surface area contributed by atoms with Crippen molar-refractivity contribution in [3.05, 3.63) is 0 Å². The number of hydrogen-bond donors (Lipinski definition) is 1. The molecule has 3 rings (SSSR count). The number of rotatable bonds is 2. The standard InChI is InChI=1S/C12H17NO4/c1-2-17-10(16)12-5-8(14)7-13(12)9(15)6-11(12)3-4-11/h8,14H,2-7H2,1H3/t8?,12-/m0/s1/i8D. The van der Waals surface area contributed by atoms with Crippen molar-refractivity contribution in [2.45, 2.75) is 44.2 Å². The number of carbonyl (C=O) groups is 2. The van der Waals surface area contributed by atoms with Gasteiger partial charge in [-0.25, -0.2) is 4.79 Å². The second kappa shape index (κ2) is 3.22. The third-order valence-electron chi connectivity index (χ3n) is 4.40. The maximum atomic E-state index is 12.3. The topological polar surface area (TPSA) is 66.8 Å². The number of carbonyl (C=O) groups excluding carboxylic acids is 2. The Kier molecular flexibility index (Phi) is 1.87. The third kappa shape index (κ3) is 1.18. The van der Waals surface area contributed by atoms with Gasteiger partial charge < -0.3 is 14.7 Å². The minimum absolute atomic E-state index is 0.0232. The summed E-state index contributed by atoms with van der Waals surface area (Å²) in [6, 6.07) is 0. The molecule has 0 radical (unpaired) electrons. The second-order valence-corrected chi connectivity index (χ2v) is 5.26. The first-order chi connectivity index (χ1) is 8.37. The first-order valence-electron chi connectivity index (χ1n) is 6.57. The molecule has 5 heteroatoms. The van der Waals surface area contributed by atoms with Crippen LogP contribution in [0.4, 0.5) is 0 Å². The number of nitrogens with zero attached hydrogens (tertiary/aromatic N) is 1. The summed E-state index contributed by atoms with van der Waals surface area (Å²) in [6.45, 7) is 1.87. The monoisotopic (exact) mass is 240 g/mol. The zero-order chi connectivity index (χ0) is 13.2. The lowest BCUT2D eigenvalue weighted by atomic mass is 9.79. The molecule has 1 unspecified atom stereocenters. The largest absolute Gasteiger partial charge is 0.464 e. The van der Waals surface area contributed by atoms with Gasteiger partial charge in [0.15, 0.2) is 0 Å². The molecule has 94 valence electrons. The van der Waals surface area contributed by atoms with E-state index in [2.05, 4.69) is 0 Å². The molecule has 5 nitrogen and oxygen atoms in total. The summed E-state index contributed by atoms with van der Waals surface area (Å²) in [7, 11) is 0. The molecule has 3 aliphatic rings. The molecule has 1 spiro atoms. The first kappa shape index (κ1) is 9.88. The van der Waals surface area contributed by atoms with E-state index < -0.39 is 17.6 Å². The Morgan fingerprint density at radius 3 is 3.00 bits per heavy atom. The summed E-state index contributed by atoms with van der Waals surface area (Å²) in [5.41, 5.74) is -1.47. The van der Waals surface area contributed by atoms with Crippen molar-refractivity contribution >= 4 is 11.9 Å². The molecule has 17 heavy (non-hydrogen) atoms. The van der Waals surface area contributed by atoms with E-state index in [-0.39, 0.29) is 30.9 Å². The van der Waals surface area contributed by atoms with Gasteiger partial charge in [-0.1, -0.05) is 0 Å². The van der Waals surface area contributed by atoms with Gasteiger partial charge in [-0.3, -0.25) is 4.79 Å². The fraction of sp³-hybridized carbons (Fsp3) is 0.833. The molecule has 1 amide bonds. The molecule has 0 bridgehead atoms. The highest BCUT2D eigenvalue weighted by Crippen LogP contribution is 2.66. The van der Waals surface area contributed by atoms with Gasteiger partial charge in [0, 0.05) is 24.8 Å². The van der Waals surface area contributed by atoms with Crippen LogP contribution in [0.1, 0.15) is 34.0 Å². The highest BCUT2D eigenvalue weighted by Gasteiger charge is 2.75. The normalized spacial score (nSPS) is 42.6. The van der Waals surface area contributed by atoms with E-state index in [4.69, 9.17) is 6.11 Å². The summed E-state index contributed by atoms with van der Waals surface area (Å²) in [4.78, 5) is 25.8. The Labute approximate surface area is 101 Å². The van der Waals surface area contributed by atoms with Crippen LogP contribution in [0.15, 0.2) is 0 Å². The second-order valence-electron chi connectivity index (χ2n) is 5.26. The van der Waals surface area contributed by atoms with Gasteiger partial charge in [0.1, 0.15) is 5.54 Å². The van der Waals surface area contributed by atoms with E-state index in [1.807, 2.05) is 0 Å². The lowest BCUT2D eigenvalue weighted by Crippen LogP contribution is -2.53. The molecule has 2 aliphatic heterocycles. The highest BCUT2D eigenvalue weighted by atomic mass is 16.5. The molecular weight excluding hydrogens is 222 g/mol. The van der Waals surface area contributed by atoms with Gasteiger partial charge in [-0.05, 0) is 19.8 Å². The Hall–Kier alpha value is -1.10. The minimum Gasteiger partial charge on any atom is -0.464 e. The molecule has 3 fully saturated rings. The molecule has 1 N–H and O–H groups in total. The van der Waals surface area contributed by atoms with Crippen LogP contribution in [0.5, 0.6) is 0 Å². The molecule has 2 heterocycles. The maximum Gasteiger partial charge on any atom is 0.332 e. The van der Waals surface area contributed by atoms with Gasteiger partial charge in [0.2, 0.25) is 5.91 Å². The summed E-state index contributed by atoms with van der Waals surface area (Å²) >= 11 is 0. The number of amides is 1. The van der Waals surface area contributed by atoms with Crippen LogP contribution >= 0.6 is 0 Å². The summed E-state index contributed by atoms with van der Waals surface area (Å²) in [5.74, 6) is -0.583. The van der Waals surface area contributed by atoms with E-state index in [1.165, 1.54) is 4.90 Å². The molecule has 2 atom stereocenters. The van der Waals surface area contributed by atoms with Crippen LogP contribution in [0.25, 0.3) is 0 Å². The number of fused-ring (bicyclic) bond motifs is 2. The lowest BCUT2D eigenvalue weighted by molar-refractivity contribution is -0.160.